The lowest BCUT2D eigenvalue weighted by Crippen LogP contribution is -2.42. The molecule has 18 heavy (non-hydrogen) atoms. The van der Waals surface area contributed by atoms with Gasteiger partial charge in [0.1, 0.15) is 6.04 Å². The third kappa shape index (κ3) is 8.77. The van der Waals surface area contributed by atoms with Crippen LogP contribution in [0.4, 0.5) is 0 Å². The second-order valence-corrected chi connectivity index (χ2v) is 6.57. The monoisotopic (exact) mass is 297 g/mol. The Morgan fingerprint density at radius 2 is 1.89 bits per heavy atom. The van der Waals surface area contributed by atoms with Crippen LogP contribution in [-0.2, 0) is 14.8 Å². The van der Waals surface area contributed by atoms with Crippen LogP contribution >= 0.6 is 12.6 Å². The number of carbonyl (C=O) groups is 1. The van der Waals surface area contributed by atoms with Crippen LogP contribution in [0.15, 0.2) is 0 Å². The molecule has 0 spiro atoms. The summed E-state index contributed by atoms with van der Waals surface area (Å²) in [5, 5.41) is 8.85. The number of carboxylic acids is 1. The largest absolute Gasteiger partial charge is 0.480 e. The van der Waals surface area contributed by atoms with Crippen LogP contribution in [0.1, 0.15) is 45.4 Å². The molecule has 0 unspecified atom stereocenters. The van der Waals surface area contributed by atoms with E-state index in [1.165, 1.54) is 0 Å². The van der Waals surface area contributed by atoms with E-state index in [0.717, 1.165) is 25.7 Å². The Hall–Kier alpha value is -0.270. The standard InChI is InChI=1S/C11H23NO4S2/c1-2-3-4-5-6-9-18(15,16)12-10(7-8-17)11(13)14/h10,12,17H,2-9H2,1H3,(H,13,14)/t10-/m1/s1. The van der Waals surface area contributed by atoms with Crippen molar-refractivity contribution < 1.29 is 18.3 Å². The number of carboxylic acid groups (broad SMARTS) is 1. The molecule has 0 bridgehead atoms. The lowest BCUT2D eigenvalue weighted by Gasteiger charge is -2.13. The van der Waals surface area contributed by atoms with Crippen molar-refractivity contribution in [2.45, 2.75) is 51.5 Å². The molecule has 1 atom stereocenters. The third-order valence-corrected chi connectivity index (χ3v) is 4.28. The van der Waals surface area contributed by atoms with Gasteiger partial charge in [0.05, 0.1) is 5.75 Å². The zero-order chi connectivity index (χ0) is 14.0. The summed E-state index contributed by atoms with van der Waals surface area (Å²) in [6, 6.07) is -1.07. The van der Waals surface area contributed by atoms with Gasteiger partial charge < -0.3 is 5.11 Å². The van der Waals surface area contributed by atoms with Crippen LogP contribution in [0.3, 0.4) is 0 Å². The first kappa shape index (κ1) is 17.7. The van der Waals surface area contributed by atoms with Gasteiger partial charge in [0.15, 0.2) is 0 Å². The lowest BCUT2D eigenvalue weighted by molar-refractivity contribution is -0.139. The summed E-state index contributed by atoms with van der Waals surface area (Å²) < 4.78 is 25.5. The highest BCUT2D eigenvalue weighted by Crippen LogP contribution is 2.05. The molecule has 0 fully saturated rings. The van der Waals surface area contributed by atoms with E-state index in [0.29, 0.717) is 12.2 Å². The molecule has 2 N–H and O–H groups in total. The first-order valence-corrected chi connectivity index (χ1v) is 8.55. The average molecular weight is 297 g/mol. The van der Waals surface area contributed by atoms with Gasteiger partial charge in [-0.05, 0) is 18.6 Å². The van der Waals surface area contributed by atoms with Crippen molar-refractivity contribution in [1.29, 1.82) is 0 Å². The second kappa shape index (κ2) is 9.63. The molecule has 0 aliphatic rings. The molecule has 0 aromatic carbocycles. The maximum Gasteiger partial charge on any atom is 0.321 e. The molecule has 108 valence electrons. The van der Waals surface area contributed by atoms with Gasteiger partial charge in [0.2, 0.25) is 10.0 Å². The van der Waals surface area contributed by atoms with Crippen LogP contribution in [0, 0.1) is 0 Å². The minimum atomic E-state index is -3.50. The first-order valence-electron chi connectivity index (χ1n) is 6.26. The van der Waals surface area contributed by atoms with Crippen molar-refractivity contribution >= 4 is 28.6 Å². The molecule has 0 saturated heterocycles. The number of hydrogen-bond donors (Lipinski definition) is 3. The van der Waals surface area contributed by atoms with E-state index in [1.807, 2.05) is 0 Å². The summed E-state index contributed by atoms with van der Waals surface area (Å²) >= 11 is 3.92. The summed E-state index contributed by atoms with van der Waals surface area (Å²) in [5.41, 5.74) is 0. The molecule has 0 aliphatic carbocycles. The molecule has 0 aromatic rings. The Morgan fingerprint density at radius 1 is 1.28 bits per heavy atom. The SMILES string of the molecule is CCCCCCCS(=O)(=O)N[C@H](CCS)C(=O)O. The number of nitrogens with one attached hydrogen (secondary N) is 1. The highest BCUT2D eigenvalue weighted by Gasteiger charge is 2.22. The van der Waals surface area contributed by atoms with Crippen LogP contribution in [0.25, 0.3) is 0 Å². The van der Waals surface area contributed by atoms with Gasteiger partial charge in [0, 0.05) is 0 Å². The molecule has 0 rings (SSSR count). The van der Waals surface area contributed by atoms with E-state index in [4.69, 9.17) is 5.11 Å². The number of rotatable bonds is 11. The number of sulfonamides is 1. The van der Waals surface area contributed by atoms with Gasteiger partial charge in [-0.1, -0.05) is 32.6 Å². The smallest absolute Gasteiger partial charge is 0.321 e. The van der Waals surface area contributed by atoms with Crippen LogP contribution < -0.4 is 4.72 Å². The van der Waals surface area contributed by atoms with E-state index in [9.17, 15) is 13.2 Å². The maximum atomic E-state index is 11.7. The fraction of sp³-hybridized carbons (Fsp3) is 0.909. The van der Waals surface area contributed by atoms with Gasteiger partial charge in [-0.15, -0.1) is 0 Å². The number of aliphatic carboxylic acids is 1. The minimum absolute atomic E-state index is 0.00688. The Morgan fingerprint density at radius 3 is 2.39 bits per heavy atom. The van der Waals surface area contributed by atoms with Gasteiger partial charge in [-0.25, -0.2) is 13.1 Å². The second-order valence-electron chi connectivity index (χ2n) is 4.25. The number of unbranched alkanes of at least 4 members (excludes halogenated alkanes) is 4. The van der Waals surface area contributed by atoms with E-state index >= 15 is 0 Å². The summed E-state index contributed by atoms with van der Waals surface area (Å²) in [4.78, 5) is 10.8. The van der Waals surface area contributed by atoms with E-state index < -0.39 is 22.0 Å². The van der Waals surface area contributed by atoms with Crippen molar-refractivity contribution in [2.24, 2.45) is 0 Å². The van der Waals surface area contributed by atoms with Crippen molar-refractivity contribution in [1.82, 2.24) is 4.72 Å². The Kier molecular flexibility index (Phi) is 9.49. The zero-order valence-corrected chi connectivity index (χ0v) is 12.5. The summed E-state index contributed by atoms with van der Waals surface area (Å²) in [7, 11) is -3.50. The fourth-order valence-electron chi connectivity index (χ4n) is 1.53. The molecule has 0 amide bonds. The number of hydrogen-bond acceptors (Lipinski definition) is 4. The molecule has 5 nitrogen and oxygen atoms in total. The molecular formula is C11H23NO4S2. The van der Waals surface area contributed by atoms with Crippen LogP contribution in [0.5, 0.6) is 0 Å². The highest BCUT2D eigenvalue weighted by atomic mass is 32.2. The zero-order valence-electron chi connectivity index (χ0n) is 10.8. The molecule has 0 aliphatic heterocycles. The van der Waals surface area contributed by atoms with Gasteiger partial charge >= 0.3 is 5.97 Å². The van der Waals surface area contributed by atoms with Crippen LogP contribution in [-0.4, -0.2) is 37.0 Å². The summed E-state index contributed by atoms with van der Waals surface area (Å²) in [6.07, 6.45) is 4.85. The van der Waals surface area contributed by atoms with Crippen molar-refractivity contribution in [3.05, 3.63) is 0 Å². The summed E-state index contributed by atoms with van der Waals surface area (Å²) in [6.45, 7) is 2.09. The first-order chi connectivity index (χ1) is 8.43. The lowest BCUT2D eigenvalue weighted by atomic mass is 10.2. The fourth-order valence-corrected chi connectivity index (χ4v) is 3.15. The van der Waals surface area contributed by atoms with Gasteiger partial charge in [0.25, 0.3) is 0 Å². The van der Waals surface area contributed by atoms with Crippen LogP contribution in [0.2, 0.25) is 0 Å². The van der Waals surface area contributed by atoms with Gasteiger partial charge in [-0.2, -0.15) is 12.6 Å². The molecule has 0 heterocycles. The molecular weight excluding hydrogens is 274 g/mol. The highest BCUT2D eigenvalue weighted by molar-refractivity contribution is 7.89. The quantitative estimate of drug-likeness (QED) is 0.400. The molecule has 0 aromatic heterocycles. The Bertz CT molecular complexity index is 330. The normalized spacial score (nSPS) is 13.4. The summed E-state index contributed by atoms with van der Waals surface area (Å²) in [5.74, 6) is -0.832. The van der Waals surface area contributed by atoms with E-state index in [2.05, 4.69) is 24.3 Å². The average Bonchev–Trinajstić information content (AvgIpc) is 2.27. The van der Waals surface area contributed by atoms with E-state index in [-0.39, 0.29) is 12.2 Å². The van der Waals surface area contributed by atoms with Crippen molar-refractivity contribution in [3.63, 3.8) is 0 Å². The Balaban J connectivity index is 4.08. The number of thiol groups is 1. The maximum absolute atomic E-state index is 11.7. The molecule has 0 saturated carbocycles. The van der Waals surface area contributed by atoms with Crippen molar-refractivity contribution in [3.8, 4) is 0 Å². The molecule has 7 heteroatoms. The predicted molar refractivity (Wildman–Crippen MR) is 75.6 cm³/mol. The van der Waals surface area contributed by atoms with E-state index in [1.54, 1.807) is 0 Å². The topological polar surface area (TPSA) is 83.5 Å². The molecule has 0 radical (unpaired) electrons. The minimum Gasteiger partial charge on any atom is -0.480 e. The predicted octanol–water partition coefficient (Wildman–Crippen LogP) is 1.65. The van der Waals surface area contributed by atoms with Crippen molar-refractivity contribution in [2.75, 3.05) is 11.5 Å². The van der Waals surface area contributed by atoms with Gasteiger partial charge in [-0.3, -0.25) is 4.79 Å². The Labute approximate surface area is 115 Å². The third-order valence-electron chi connectivity index (χ3n) is 2.55.